The summed E-state index contributed by atoms with van der Waals surface area (Å²) in [6, 6.07) is 5.48. The Morgan fingerprint density at radius 1 is 1.00 bits per heavy atom. The van der Waals surface area contributed by atoms with Crippen molar-refractivity contribution >= 4 is 17.7 Å². The molecule has 3 amide bonds. The maximum absolute atomic E-state index is 12.9. The highest BCUT2D eigenvalue weighted by atomic mass is 16.5. The molecule has 3 unspecified atom stereocenters. The number of morpholine rings is 1. The zero-order valence-electron chi connectivity index (χ0n) is 18.1. The third-order valence-electron chi connectivity index (χ3n) is 7.74. The van der Waals surface area contributed by atoms with Crippen molar-refractivity contribution in [3.05, 3.63) is 29.3 Å². The molecular weight excluding hydrogens is 410 g/mol. The summed E-state index contributed by atoms with van der Waals surface area (Å²) in [5.41, 5.74) is 1.51. The first-order valence-corrected chi connectivity index (χ1v) is 11.9. The number of hydrogen-bond donors (Lipinski definition) is 1. The van der Waals surface area contributed by atoms with E-state index in [4.69, 9.17) is 9.47 Å². The molecule has 3 saturated heterocycles. The molecule has 1 saturated carbocycles. The highest BCUT2D eigenvalue weighted by Gasteiger charge is 2.42. The van der Waals surface area contributed by atoms with Crippen LogP contribution in [0.4, 0.5) is 0 Å². The van der Waals surface area contributed by atoms with Crippen molar-refractivity contribution < 1.29 is 23.9 Å². The molecule has 1 aromatic rings. The maximum Gasteiger partial charge on any atom is 0.255 e. The summed E-state index contributed by atoms with van der Waals surface area (Å²) in [6.45, 7) is 2.37. The molecule has 8 nitrogen and oxygen atoms in total. The van der Waals surface area contributed by atoms with Crippen molar-refractivity contribution in [2.45, 2.75) is 81.9 Å². The molecule has 1 aromatic carbocycles. The molecule has 0 aromatic heterocycles. The lowest BCUT2D eigenvalue weighted by atomic mass is 10.0. The van der Waals surface area contributed by atoms with E-state index in [-0.39, 0.29) is 30.2 Å². The highest BCUT2D eigenvalue weighted by Crippen LogP contribution is 2.35. The molecule has 170 valence electrons. The Bertz CT molecular complexity index is 953. The zero-order chi connectivity index (χ0) is 21.8. The molecule has 0 radical (unpaired) electrons. The number of carbonyl (C=O) groups excluding carboxylic acids is 3. The summed E-state index contributed by atoms with van der Waals surface area (Å²) < 4.78 is 12.5. The number of ether oxygens (including phenoxy) is 2. The molecule has 2 bridgehead atoms. The van der Waals surface area contributed by atoms with Crippen LogP contribution in [0.15, 0.2) is 18.2 Å². The first kappa shape index (κ1) is 20.2. The van der Waals surface area contributed by atoms with E-state index < -0.39 is 6.04 Å². The molecule has 4 aliphatic heterocycles. The molecule has 6 rings (SSSR count). The Labute approximate surface area is 187 Å². The number of nitrogens with one attached hydrogen (secondary N) is 1. The van der Waals surface area contributed by atoms with E-state index in [2.05, 4.69) is 10.2 Å². The van der Waals surface area contributed by atoms with Crippen molar-refractivity contribution in [2.24, 2.45) is 0 Å². The van der Waals surface area contributed by atoms with Gasteiger partial charge in [0.05, 0.1) is 12.2 Å². The summed E-state index contributed by atoms with van der Waals surface area (Å²) >= 11 is 0. The number of imide groups is 1. The molecule has 4 fully saturated rings. The molecule has 1 N–H and O–H groups in total. The van der Waals surface area contributed by atoms with E-state index in [9.17, 15) is 14.4 Å². The maximum atomic E-state index is 12.9. The van der Waals surface area contributed by atoms with Gasteiger partial charge in [0.2, 0.25) is 11.8 Å². The third kappa shape index (κ3) is 3.49. The fraction of sp³-hybridized carbons (Fsp3) is 0.625. The summed E-state index contributed by atoms with van der Waals surface area (Å²) in [4.78, 5) is 40.8. The van der Waals surface area contributed by atoms with Crippen LogP contribution in [0.25, 0.3) is 0 Å². The molecule has 4 heterocycles. The van der Waals surface area contributed by atoms with E-state index in [1.54, 1.807) is 4.90 Å². The van der Waals surface area contributed by atoms with E-state index in [1.165, 1.54) is 12.8 Å². The molecule has 32 heavy (non-hydrogen) atoms. The van der Waals surface area contributed by atoms with Crippen molar-refractivity contribution in [1.29, 1.82) is 0 Å². The number of amides is 3. The minimum absolute atomic E-state index is 0.147. The van der Waals surface area contributed by atoms with Gasteiger partial charge in [-0.15, -0.1) is 0 Å². The van der Waals surface area contributed by atoms with Gasteiger partial charge in [-0.2, -0.15) is 0 Å². The number of piperidine rings is 1. The zero-order valence-corrected chi connectivity index (χ0v) is 18.1. The van der Waals surface area contributed by atoms with Crippen molar-refractivity contribution in [1.82, 2.24) is 15.1 Å². The van der Waals surface area contributed by atoms with Crippen LogP contribution in [0.3, 0.4) is 0 Å². The average molecular weight is 440 g/mol. The highest BCUT2D eigenvalue weighted by molar-refractivity contribution is 6.05. The standard InChI is InChI=1S/C24H29N3O5/c28-22-9-8-20(23(29)25-22)27-11-14-10-15(6-7-18(14)24(27)30)32-21-3-1-2-19(21)26-12-16-4-5-17(13-26)31-16/h6-7,10,16-17,19-21H,1-5,8-9,11-13H2,(H,25,28,29)/t16?,17?,19-,20?,21+/m0/s1. The smallest absolute Gasteiger partial charge is 0.255 e. The van der Waals surface area contributed by atoms with Crippen LogP contribution in [0, 0.1) is 0 Å². The van der Waals surface area contributed by atoms with Gasteiger partial charge in [0.15, 0.2) is 0 Å². The Balaban J connectivity index is 1.15. The number of likely N-dealkylation sites (tertiary alicyclic amines) is 1. The van der Waals surface area contributed by atoms with Crippen LogP contribution in [0.1, 0.15) is 60.9 Å². The van der Waals surface area contributed by atoms with Gasteiger partial charge in [0, 0.05) is 37.7 Å². The molecule has 5 aliphatic rings. The van der Waals surface area contributed by atoms with Crippen LogP contribution >= 0.6 is 0 Å². The van der Waals surface area contributed by atoms with Gasteiger partial charge in [-0.25, -0.2) is 0 Å². The quantitative estimate of drug-likeness (QED) is 0.718. The van der Waals surface area contributed by atoms with Gasteiger partial charge in [0.25, 0.3) is 5.91 Å². The van der Waals surface area contributed by atoms with E-state index in [1.807, 2.05) is 18.2 Å². The van der Waals surface area contributed by atoms with E-state index in [0.717, 1.165) is 43.7 Å². The monoisotopic (exact) mass is 439 g/mol. The molecular formula is C24H29N3O5. The second kappa shape index (κ2) is 7.85. The van der Waals surface area contributed by atoms with Crippen LogP contribution in [-0.2, 0) is 20.9 Å². The predicted octanol–water partition coefficient (Wildman–Crippen LogP) is 1.61. The van der Waals surface area contributed by atoms with Crippen molar-refractivity contribution in [3.63, 3.8) is 0 Å². The molecule has 1 aliphatic carbocycles. The fourth-order valence-corrected chi connectivity index (χ4v) is 6.18. The van der Waals surface area contributed by atoms with Crippen LogP contribution in [0.2, 0.25) is 0 Å². The van der Waals surface area contributed by atoms with Gasteiger partial charge in [-0.1, -0.05) is 0 Å². The first-order chi connectivity index (χ1) is 15.5. The topological polar surface area (TPSA) is 88.2 Å². The Morgan fingerprint density at radius 2 is 1.81 bits per heavy atom. The number of benzene rings is 1. The minimum Gasteiger partial charge on any atom is -0.489 e. The number of nitrogens with zero attached hydrogens (tertiary/aromatic N) is 2. The summed E-state index contributed by atoms with van der Waals surface area (Å²) in [6.07, 6.45) is 7.22. The normalized spacial score (nSPS) is 34.7. The Hall–Kier alpha value is -2.45. The number of carbonyl (C=O) groups is 3. The van der Waals surface area contributed by atoms with Crippen LogP contribution in [0.5, 0.6) is 5.75 Å². The van der Waals surface area contributed by atoms with Gasteiger partial charge < -0.3 is 14.4 Å². The van der Waals surface area contributed by atoms with Crippen LogP contribution in [-0.4, -0.2) is 71.0 Å². The number of hydrogen-bond acceptors (Lipinski definition) is 6. The lowest BCUT2D eigenvalue weighted by Crippen LogP contribution is -2.52. The third-order valence-corrected chi connectivity index (χ3v) is 7.74. The van der Waals surface area contributed by atoms with Crippen molar-refractivity contribution in [2.75, 3.05) is 13.1 Å². The fourth-order valence-electron chi connectivity index (χ4n) is 6.18. The number of rotatable bonds is 4. The van der Waals surface area contributed by atoms with Gasteiger partial charge >= 0.3 is 0 Å². The Kier molecular flexibility index (Phi) is 4.95. The average Bonchev–Trinajstić information content (AvgIpc) is 3.46. The molecule has 0 spiro atoms. The summed E-state index contributed by atoms with van der Waals surface area (Å²) in [5.74, 6) is -0.0176. The largest absolute Gasteiger partial charge is 0.489 e. The van der Waals surface area contributed by atoms with Gasteiger partial charge in [0.1, 0.15) is 17.9 Å². The van der Waals surface area contributed by atoms with E-state index in [0.29, 0.717) is 36.8 Å². The van der Waals surface area contributed by atoms with Gasteiger partial charge in [-0.3, -0.25) is 24.6 Å². The SMILES string of the molecule is O=C1CCC(N2Cc3cc(O[C@@H]4CCC[C@@H]4N4CC5CCC(C4)O5)ccc3C2=O)C(=O)N1. The Morgan fingerprint density at radius 3 is 2.59 bits per heavy atom. The first-order valence-electron chi connectivity index (χ1n) is 11.9. The molecule has 8 heteroatoms. The summed E-state index contributed by atoms with van der Waals surface area (Å²) in [5, 5.41) is 2.35. The second-order valence-corrected chi connectivity index (χ2v) is 9.78. The second-order valence-electron chi connectivity index (χ2n) is 9.78. The van der Waals surface area contributed by atoms with E-state index >= 15 is 0 Å². The van der Waals surface area contributed by atoms with Crippen LogP contribution < -0.4 is 10.1 Å². The molecule has 5 atom stereocenters. The lowest BCUT2D eigenvalue weighted by molar-refractivity contribution is -0.136. The lowest BCUT2D eigenvalue weighted by Gasteiger charge is -2.38. The summed E-state index contributed by atoms with van der Waals surface area (Å²) in [7, 11) is 0. The number of fused-ring (bicyclic) bond motifs is 3. The van der Waals surface area contributed by atoms with Gasteiger partial charge in [-0.05, 0) is 62.3 Å². The minimum atomic E-state index is -0.590. The van der Waals surface area contributed by atoms with Crippen molar-refractivity contribution in [3.8, 4) is 5.75 Å². The predicted molar refractivity (Wildman–Crippen MR) is 114 cm³/mol.